The predicted octanol–water partition coefficient (Wildman–Crippen LogP) is 2.79. The molecule has 0 aliphatic carbocycles. The molecule has 2 aromatic rings. The van der Waals surface area contributed by atoms with E-state index in [0.717, 1.165) is 40.1 Å². The zero-order valence-electron chi connectivity index (χ0n) is 15.7. The van der Waals surface area contributed by atoms with Gasteiger partial charge in [0.25, 0.3) is 5.56 Å². The molecule has 146 valence electrons. The molecular formula is C19H24ClN3O3S. The molecule has 1 atom stereocenters. The number of hydrogen-bond donors (Lipinski definition) is 0. The van der Waals surface area contributed by atoms with E-state index in [2.05, 4.69) is 4.98 Å². The number of halogens is 1. The van der Waals surface area contributed by atoms with E-state index >= 15 is 0 Å². The fraction of sp³-hybridized carbons (Fsp3) is 0.632. The molecular weight excluding hydrogens is 386 g/mol. The summed E-state index contributed by atoms with van der Waals surface area (Å²) in [6.07, 6.45) is 4.45. The van der Waals surface area contributed by atoms with Gasteiger partial charge < -0.3 is 9.64 Å². The van der Waals surface area contributed by atoms with Gasteiger partial charge in [-0.25, -0.2) is 4.98 Å². The quantitative estimate of drug-likeness (QED) is 0.728. The Morgan fingerprint density at radius 3 is 3.00 bits per heavy atom. The van der Waals surface area contributed by atoms with Crippen molar-refractivity contribution in [2.45, 2.75) is 52.3 Å². The summed E-state index contributed by atoms with van der Waals surface area (Å²) in [4.78, 5) is 34.0. The molecule has 6 nitrogen and oxygen atoms in total. The fourth-order valence-corrected chi connectivity index (χ4v) is 5.12. The first-order chi connectivity index (χ1) is 12.9. The lowest BCUT2D eigenvalue weighted by atomic mass is 9.93. The van der Waals surface area contributed by atoms with Crippen molar-refractivity contribution in [3.8, 4) is 0 Å². The summed E-state index contributed by atoms with van der Waals surface area (Å²) < 4.78 is 7.34. The minimum absolute atomic E-state index is 0.00821. The molecule has 0 aromatic carbocycles. The summed E-state index contributed by atoms with van der Waals surface area (Å²) in [5.74, 6) is 0.348. The first-order valence-electron chi connectivity index (χ1n) is 9.37. The van der Waals surface area contributed by atoms with E-state index in [9.17, 15) is 9.59 Å². The molecule has 27 heavy (non-hydrogen) atoms. The Morgan fingerprint density at radius 2 is 2.30 bits per heavy atom. The fourth-order valence-electron chi connectivity index (χ4n) is 3.82. The Hall–Kier alpha value is -1.44. The highest BCUT2D eigenvalue weighted by atomic mass is 35.5. The summed E-state index contributed by atoms with van der Waals surface area (Å²) >= 11 is 7.49. The van der Waals surface area contributed by atoms with Gasteiger partial charge in [0.2, 0.25) is 5.91 Å². The van der Waals surface area contributed by atoms with Crippen molar-refractivity contribution in [3.05, 3.63) is 27.1 Å². The number of rotatable bonds is 4. The van der Waals surface area contributed by atoms with Crippen LogP contribution in [0, 0.1) is 5.41 Å². The maximum Gasteiger partial charge on any atom is 0.262 e. The van der Waals surface area contributed by atoms with Gasteiger partial charge in [-0.05, 0) is 38.7 Å². The second-order valence-electron chi connectivity index (χ2n) is 8.02. The molecule has 0 N–H and O–H groups in total. The van der Waals surface area contributed by atoms with Crippen LogP contribution in [0.4, 0.5) is 0 Å². The summed E-state index contributed by atoms with van der Waals surface area (Å²) in [5, 5.41) is 0.721. The summed E-state index contributed by atoms with van der Waals surface area (Å²) in [7, 11) is 0. The molecule has 0 saturated carbocycles. The Balaban J connectivity index is 1.64. The number of ether oxygens (including phenoxy) is 1. The molecule has 2 aliphatic rings. The topological polar surface area (TPSA) is 64.4 Å². The van der Waals surface area contributed by atoms with Crippen LogP contribution in [0.15, 0.2) is 11.1 Å². The first kappa shape index (κ1) is 18.9. The number of nitrogens with zero attached hydrogens (tertiary/aromatic N) is 3. The minimum Gasteiger partial charge on any atom is -0.376 e. The van der Waals surface area contributed by atoms with Gasteiger partial charge in [-0.1, -0.05) is 0 Å². The van der Waals surface area contributed by atoms with Crippen LogP contribution < -0.4 is 5.56 Å². The molecule has 1 amide bonds. The van der Waals surface area contributed by atoms with Crippen LogP contribution in [-0.4, -0.2) is 45.5 Å². The van der Waals surface area contributed by atoms with Crippen molar-refractivity contribution in [1.29, 1.82) is 0 Å². The van der Waals surface area contributed by atoms with E-state index in [0.29, 0.717) is 26.1 Å². The molecule has 0 bridgehead atoms. The molecule has 0 radical (unpaired) electrons. The zero-order valence-corrected chi connectivity index (χ0v) is 17.2. The molecule has 4 heterocycles. The van der Waals surface area contributed by atoms with Crippen molar-refractivity contribution in [2.75, 3.05) is 19.0 Å². The molecule has 1 unspecified atom stereocenters. The van der Waals surface area contributed by atoms with Crippen LogP contribution in [0.1, 0.15) is 37.1 Å². The number of thiophene rings is 1. The van der Waals surface area contributed by atoms with Gasteiger partial charge in [0.15, 0.2) is 0 Å². The number of alkyl halides is 1. The maximum absolute atomic E-state index is 13.0. The third-order valence-electron chi connectivity index (χ3n) is 5.45. The van der Waals surface area contributed by atoms with Crippen molar-refractivity contribution >= 4 is 39.1 Å². The molecule has 1 saturated heterocycles. The number of amides is 1. The Kier molecular flexibility index (Phi) is 5.03. The van der Waals surface area contributed by atoms with Crippen molar-refractivity contribution < 1.29 is 9.53 Å². The van der Waals surface area contributed by atoms with Gasteiger partial charge in [0, 0.05) is 23.9 Å². The van der Waals surface area contributed by atoms with Crippen LogP contribution in [0.3, 0.4) is 0 Å². The maximum atomic E-state index is 13.0. The Morgan fingerprint density at radius 1 is 1.48 bits per heavy atom. The minimum atomic E-state index is -0.581. The van der Waals surface area contributed by atoms with Crippen LogP contribution in [0.2, 0.25) is 0 Å². The SMILES string of the molecule is CC(C)(CCl)C(=O)N1CCc2c(sc3ncn(CC4CCCO4)c(=O)c23)C1. The lowest BCUT2D eigenvalue weighted by molar-refractivity contribution is -0.140. The largest absolute Gasteiger partial charge is 0.376 e. The normalized spacial score (nSPS) is 20.3. The average molecular weight is 410 g/mol. The van der Waals surface area contributed by atoms with E-state index in [-0.39, 0.29) is 23.5 Å². The third-order valence-corrected chi connectivity index (χ3v) is 7.24. The molecule has 2 aliphatic heterocycles. The standard InChI is InChI=1S/C19H24ClN3O3S/c1-19(2,10-20)18(25)22-6-5-13-14(9-22)27-16-15(13)17(24)23(11-21-16)8-12-4-3-7-26-12/h11-12H,3-10H2,1-2H3. The van der Waals surface area contributed by atoms with Crippen LogP contribution in [-0.2, 0) is 29.0 Å². The van der Waals surface area contributed by atoms with Gasteiger partial charge >= 0.3 is 0 Å². The lowest BCUT2D eigenvalue weighted by Gasteiger charge is -2.33. The molecule has 8 heteroatoms. The number of carbonyl (C=O) groups excluding carboxylic acids is 1. The molecule has 0 spiro atoms. The van der Waals surface area contributed by atoms with Crippen molar-refractivity contribution in [1.82, 2.24) is 14.5 Å². The van der Waals surface area contributed by atoms with Crippen molar-refractivity contribution in [2.24, 2.45) is 5.41 Å². The summed E-state index contributed by atoms with van der Waals surface area (Å²) in [6, 6.07) is 0. The Labute approximate surface area is 167 Å². The monoisotopic (exact) mass is 409 g/mol. The van der Waals surface area contributed by atoms with Crippen LogP contribution in [0.25, 0.3) is 10.2 Å². The van der Waals surface area contributed by atoms with Gasteiger partial charge in [-0.3, -0.25) is 14.2 Å². The third kappa shape index (κ3) is 3.41. The number of fused-ring (bicyclic) bond motifs is 3. The molecule has 4 rings (SSSR count). The van der Waals surface area contributed by atoms with E-state index in [1.54, 1.807) is 10.9 Å². The van der Waals surface area contributed by atoms with Gasteiger partial charge in [0.05, 0.1) is 36.3 Å². The van der Waals surface area contributed by atoms with Crippen LogP contribution in [0.5, 0.6) is 0 Å². The Bertz CT molecular complexity index is 930. The molecule has 2 aromatic heterocycles. The van der Waals surface area contributed by atoms with Gasteiger partial charge in [-0.15, -0.1) is 22.9 Å². The highest BCUT2D eigenvalue weighted by Crippen LogP contribution is 2.34. The average Bonchev–Trinajstić information content (AvgIpc) is 3.30. The van der Waals surface area contributed by atoms with E-state index in [4.69, 9.17) is 16.3 Å². The predicted molar refractivity (Wildman–Crippen MR) is 106 cm³/mol. The molecule has 1 fully saturated rings. The smallest absolute Gasteiger partial charge is 0.262 e. The van der Waals surface area contributed by atoms with E-state index in [1.165, 1.54) is 11.3 Å². The highest BCUT2D eigenvalue weighted by Gasteiger charge is 2.34. The summed E-state index contributed by atoms with van der Waals surface area (Å²) in [5.41, 5.74) is 0.484. The highest BCUT2D eigenvalue weighted by molar-refractivity contribution is 7.18. The second kappa shape index (κ2) is 7.18. The van der Waals surface area contributed by atoms with E-state index in [1.807, 2.05) is 18.7 Å². The first-order valence-corrected chi connectivity index (χ1v) is 10.7. The van der Waals surface area contributed by atoms with Crippen molar-refractivity contribution in [3.63, 3.8) is 0 Å². The number of carbonyl (C=O) groups is 1. The van der Waals surface area contributed by atoms with Gasteiger partial charge in [-0.2, -0.15) is 0 Å². The number of hydrogen-bond acceptors (Lipinski definition) is 5. The van der Waals surface area contributed by atoms with Gasteiger partial charge in [0.1, 0.15) is 4.83 Å². The van der Waals surface area contributed by atoms with E-state index < -0.39 is 5.41 Å². The summed E-state index contributed by atoms with van der Waals surface area (Å²) in [6.45, 7) is 6.20. The second-order valence-corrected chi connectivity index (χ2v) is 9.37. The lowest BCUT2D eigenvalue weighted by Crippen LogP contribution is -2.44. The zero-order chi connectivity index (χ0) is 19.2. The van der Waals surface area contributed by atoms with Crippen LogP contribution >= 0.6 is 22.9 Å². The number of aromatic nitrogens is 2.